The molecule has 2 aromatic carbocycles. The van der Waals surface area contributed by atoms with Gasteiger partial charge in [-0.2, -0.15) is 0 Å². The summed E-state index contributed by atoms with van der Waals surface area (Å²) in [6.07, 6.45) is 2.01. The lowest BCUT2D eigenvalue weighted by Gasteiger charge is -2.28. The molecule has 0 spiro atoms. The van der Waals surface area contributed by atoms with E-state index in [-0.39, 0.29) is 12.8 Å². The molecule has 1 atom stereocenters. The van der Waals surface area contributed by atoms with Gasteiger partial charge < -0.3 is 31.7 Å². The molecule has 0 unspecified atom stereocenters. The molecule has 3 aromatic rings. The maximum Gasteiger partial charge on any atom is 0.239 e. The first-order chi connectivity index (χ1) is 17.0. The van der Waals surface area contributed by atoms with Gasteiger partial charge in [0, 0.05) is 48.3 Å². The molecule has 1 aromatic heterocycles. The maximum atomic E-state index is 11.7. The van der Waals surface area contributed by atoms with Crippen LogP contribution in [0.25, 0.3) is 11.3 Å². The van der Waals surface area contributed by atoms with Crippen LogP contribution in [0.3, 0.4) is 0 Å². The normalized spacial score (nSPS) is 14.2. The van der Waals surface area contributed by atoms with Crippen LogP contribution in [0.1, 0.15) is 12.8 Å². The van der Waals surface area contributed by atoms with E-state index in [0.717, 1.165) is 48.9 Å². The van der Waals surface area contributed by atoms with Crippen molar-refractivity contribution in [2.45, 2.75) is 18.9 Å². The van der Waals surface area contributed by atoms with Crippen LogP contribution >= 0.6 is 0 Å². The van der Waals surface area contributed by atoms with E-state index in [1.165, 1.54) is 0 Å². The fourth-order valence-electron chi connectivity index (χ4n) is 3.80. The Bertz CT molecular complexity index is 1150. The molecule has 182 valence electrons. The molecular weight excluding hydrogens is 446 g/mol. The van der Waals surface area contributed by atoms with E-state index in [1.54, 1.807) is 6.20 Å². The van der Waals surface area contributed by atoms with E-state index in [1.807, 2.05) is 42.5 Å². The second kappa shape index (κ2) is 11.3. The van der Waals surface area contributed by atoms with Gasteiger partial charge in [0.25, 0.3) is 0 Å². The second-order valence-corrected chi connectivity index (χ2v) is 8.22. The summed E-state index contributed by atoms with van der Waals surface area (Å²) in [5.41, 5.74) is 15.0. The van der Waals surface area contributed by atoms with Crippen LogP contribution in [0.5, 0.6) is 0 Å². The average molecular weight is 476 g/mol. The molecule has 10 heteroatoms. The predicted octanol–water partition coefficient (Wildman–Crippen LogP) is 2.26. The number of amides is 2. The largest absolute Gasteiger partial charge is 0.378 e. The number of rotatable bonds is 10. The quantitative estimate of drug-likeness (QED) is 0.349. The van der Waals surface area contributed by atoms with E-state index >= 15 is 0 Å². The van der Waals surface area contributed by atoms with E-state index in [0.29, 0.717) is 11.6 Å². The number of hydrogen-bond acceptors (Lipinski definition) is 8. The van der Waals surface area contributed by atoms with Gasteiger partial charge in [-0.1, -0.05) is 12.1 Å². The van der Waals surface area contributed by atoms with Crippen molar-refractivity contribution in [2.24, 2.45) is 11.5 Å². The summed E-state index contributed by atoms with van der Waals surface area (Å²) >= 11 is 0. The third-order valence-corrected chi connectivity index (χ3v) is 5.70. The van der Waals surface area contributed by atoms with Gasteiger partial charge in [-0.05, 0) is 48.9 Å². The number of morpholine rings is 1. The molecule has 0 aliphatic carbocycles. The number of carbonyl (C=O) groups excluding carboxylic acids is 2. The Morgan fingerprint density at radius 1 is 0.971 bits per heavy atom. The smallest absolute Gasteiger partial charge is 0.239 e. The average Bonchev–Trinajstić information content (AvgIpc) is 2.88. The number of benzene rings is 2. The lowest BCUT2D eigenvalue weighted by Crippen LogP contribution is -2.36. The number of ether oxygens (including phenoxy) is 1. The molecule has 0 radical (unpaired) electrons. The van der Waals surface area contributed by atoms with Gasteiger partial charge in [0.2, 0.25) is 17.8 Å². The fourth-order valence-corrected chi connectivity index (χ4v) is 3.80. The SMILES string of the molecule is NC(=O)CC[C@@H](Nc1ccc(-c2ccnc(Nc3ccc(N4CCOCC4)cc3)n2)cc1)C(N)=O. The zero-order valence-corrected chi connectivity index (χ0v) is 19.3. The van der Waals surface area contributed by atoms with Gasteiger partial charge in [-0.15, -0.1) is 0 Å². The number of nitrogens with zero attached hydrogens (tertiary/aromatic N) is 3. The summed E-state index contributed by atoms with van der Waals surface area (Å²) in [5.74, 6) is -0.529. The van der Waals surface area contributed by atoms with E-state index in [2.05, 4.69) is 37.6 Å². The second-order valence-electron chi connectivity index (χ2n) is 8.22. The molecule has 0 saturated carbocycles. The van der Waals surface area contributed by atoms with Gasteiger partial charge in [0.05, 0.1) is 18.9 Å². The minimum atomic E-state index is -0.683. The Morgan fingerprint density at radius 3 is 2.31 bits per heavy atom. The van der Waals surface area contributed by atoms with Crippen molar-refractivity contribution < 1.29 is 14.3 Å². The first-order valence-electron chi connectivity index (χ1n) is 11.5. The number of nitrogens with two attached hydrogens (primary N) is 2. The summed E-state index contributed by atoms with van der Waals surface area (Å²) in [6.45, 7) is 3.28. The lowest BCUT2D eigenvalue weighted by atomic mass is 10.1. The number of primary amides is 2. The van der Waals surface area contributed by atoms with Crippen molar-refractivity contribution >= 4 is 34.8 Å². The van der Waals surface area contributed by atoms with Crippen molar-refractivity contribution in [3.63, 3.8) is 0 Å². The molecule has 1 saturated heterocycles. The monoisotopic (exact) mass is 475 g/mol. The molecule has 2 heterocycles. The number of aromatic nitrogens is 2. The molecule has 2 amide bonds. The molecule has 4 rings (SSSR count). The van der Waals surface area contributed by atoms with Gasteiger partial charge >= 0.3 is 0 Å². The van der Waals surface area contributed by atoms with Crippen LogP contribution in [-0.4, -0.2) is 54.1 Å². The maximum absolute atomic E-state index is 11.7. The Morgan fingerprint density at radius 2 is 1.66 bits per heavy atom. The molecule has 1 fully saturated rings. The highest BCUT2D eigenvalue weighted by molar-refractivity contribution is 5.84. The third-order valence-electron chi connectivity index (χ3n) is 5.70. The van der Waals surface area contributed by atoms with E-state index in [9.17, 15) is 9.59 Å². The minimum Gasteiger partial charge on any atom is -0.378 e. The standard InChI is InChI=1S/C25H29N7O3/c26-23(33)10-9-22(24(27)34)29-18-3-1-17(2-4-18)21-11-12-28-25(31-21)30-19-5-7-20(8-6-19)32-13-15-35-16-14-32/h1-8,11-12,22,29H,9-10,13-16H2,(H2,26,33)(H2,27,34)(H,28,30,31)/t22-/m1/s1. The molecule has 1 aliphatic heterocycles. The van der Waals surface area contributed by atoms with Gasteiger partial charge in [0.15, 0.2) is 0 Å². The molecule has 0 bridgehead atoms. The molecule has 1 aliphatic rings. The first kappa shape index (κ1) is 24.0. The van der Waals surface area contributed by atoms with Crippen LogP contribution in [0, 0.1) is 0 Å². The predicted molar refractivity (Wildman–Crippen MR) is 135 cm³/mol. The Labute approximate surface area is 203 Å². The summed E-state index contributed by atoms with van der Waals surface area (Å²) in [5, 5.41) is 6.30. The zero-order chi connectivity index (χ0) is 24.6. The Kier molecular flexibility index (Phi) is 7.74. The first-order valence-corrected chi connectivity index (χ1v) is 11.5. The van der Waals surface area contributed by atoms with Crippen molar-refractivity contribution in [2.75, 3.05) is 41.8 Å². The Balaban J connectivity index is 1.40. The number of anilines is 4. The molecule has 35 heavy (non-hydrogen) atoms. The van der Waals surface area contributed by atoms with Gasteiger partial charge in [0.1, 0.15) is 6.04 Å². The van der Waals surface area contributed by atoms with Crippen LogP contribution in [0.4, 0.5) is 23.0 Å². The number of nitrogens with one attached hydrogen (secondary N) is 2. The summed E-state index contributed by atoms with van der Waals surface area (Å²) < 4.78 is 5.41. The number of hydrogen-bond donors (Lipinski definition) is 4. The van der Waals surface area contributed by atoms with Crippen LogP contribution in [-0.2, 0) is 14.3 Å². The number of carbonyl (C=O) groups is 2. The van der Waals surface area contributed by atoms with Crippen LogP contribution in [0.15, 0.2) is 60.8 Å². The zero-order valence-electron chi connectivity index (χ0n) is 19.3. The summed E-state index contributed by atoms with van der Waals surface area (Å²) in [7, 11) is 0. The highest BCUT2D eigenvalue weighted by atomic mass is 16.5. The van der Waals surface area contributed by atoms with Crippen LogP contribution < -0.4 is 27.0 Å². The van der Waals surface area contributed by atoms with Crippen molar-refractivity contribution in [1.29, 1.82) is 0 Å². The topological polar surface area (TPSA) is 148 Å². The summed E-state index contributed by atoms with van der Waals surface area (Å²) in [4.78, 5) is 33.9. The third kappa shape index (κ3) is 6.67. The van der Waals surface area contributed by atoms with Crippen molar-refractivity contribution in [3.8, 4) is 11.3 Å². The highest BCUT2D eigenvalue weighted by Gasteiger charge is 2.16. The molecule has 10 nitrogen and oxygen atoms in total. The Hall–Kier alpha value is -4.18. The molecular formula is C25H29N7O3. The van der Waals surface area contributed by atoms with E-state index < -0.39 is 17.9 Å². The van der Waals surface area contributed by atoms with E-state index in [4.69, 9.17) is 16.2 Å². The van der Waals surface area contributed by atoms with Gasteiger partial charge in [-0.25, -0.2) is 9.97 Å². The fraction of sp³-hybridized carbons (Fsp3) is 0.280. The highest BCUT2D eigenvalue weighted by Crippen LogP contribution is 2.24. The van der Waals surface area contributed by atoms with Crippen LogP contribution in [0.2, 0.25) is 0 Å². The van der Waals surface area contributed by atoms with Crippen molar-refractivity contribution in [1.82, 2.24) is 9.97 Å². The minimum absolute atomic E-state index is 0.0747. The summed E-state index contributed by atoms with van der Waals surface area (Å²) in [6, 6.07) is 16.7. The molecule has 6 N–H and O–H groups in total. The van der Waals surface area contributed by atoms with Crippen molar-refractivity contribution in [3.05, 3.63) is 60.8 Å². The van der Waals surface area contributed by atoms with Gasteiger partial charge in [-0.3, -0.25) is 9.59 Å². The lowest BCUT2D eigenvalue weighted by molar-refractivity contribution is -0.119.